The molecule has 5 rings (SSSR count). The number of nitrogens with one attached hydrogen (secondary N) is 1. The molecule has 3 aromatic rings. The highest BCUT2D eigenvalue weighted by Crippen LogP contribution is 2.39. The number of benzene rings is 1. The molecule has 2 amide bonds. The third-order valence-electron chi connectivity index (χ3n) is 6.23. The largest absolute Gasteiger partial charge is 0.474 e. The van der Waals surface area contributed by atoms with Crippen LogP contribution in [-0.4, -0.2) is 74.6 Å². The van der Waals surface area contributed by atoms with E-state index in [4.69, 9.17) is 9.84 Å². The number of ether oxygens (including phenoxy) is 1. The van der Waals surface area contributed by atoms with E-state index in [1.807, 2.05) is 0 Å². The minimum Gasteiger partial charge on any atom is -0.474 e. The van der Waals surface area contributed by atoms with Gasteiger partial charge in [0.25, 0.3) is 0 Å². The zero-order valence-corrected chi connectivity index (χ0v) is 20.0. The maximum Gasteiger partial charge on any atom is 0.416 e. The van der Waals surface area contributed by atoms with Crippen LogP contribution >= 0.6 is 0 Å². The summed E-state index contributed by atoms with van der Waals surface area (Å²) in [7, 11) is 0. The molecule has 4 heterocycles. The molecular formula is C24H24F3N7O4. The predicted molar refractivity (Wildman–Crippen MR) is 130 cm³/mol. The number of carbonyl (C=O) groups is 1. The molecule has 14 heteroatoms. The zero-order chi connectivity index (χ0) is 26.9. The fourth-order valence-corrected chi connectivity index (χ4v) is 4.44. The summed E-state index contributed by atoms with van der Waals surface area (Å²) in [4.78, 5) is 34.0. The summed E-state index contributed by atoms with van der Waals surface area (Å²) < 4.78 is 45.1. The Hall–Kier alpha value is -4.04. The van der Waals surface area contributed by atoms with E-state index in [0.717, 1.165) is 25.1 Å². The standard InChI is InChI=1S/C24H24F3N7O4/c25-24(26,27)15-4-1-3-14(7-15)21-29-8-18-22(32-21)34(16-5-2-6-33(18)11-16)23(37)31-19-9-28-10-20(30-19)38-13-17(36)12-35/h1,3-4,7-10,16-17,35-36H,2,5-6,11-13H2,(H,30,31,37). The summed E-state index contributed by atoms with van der Waals surface area (Å²) in [5.74, 6) is 0.462. The molecule has 2 aliphatic heterocycles. The van der Waals surface area contributed by atoms with Crippen LogP contribution in [0.5, 0.6) is 5.88 Å². The summed E-state index contributed by atoms with van der Waals surface area (Å²) in [5.41, 5.74) is -0.0405. The first-order chi connectivity index (χ1) is 18.2. The molecule has 1 saturated heterocycles. The summed E-state index contributed by atoms with van der Waals surface area (Å²) in [6.07, 6.45) is 0.0667. The number of halogens is 3. The van der Waals surface area contributed by atoms with Crippen LogP contribution in [0.2, 0.25) is 0 Å². The highest BCUT2D eigenvalue weighted by molar-refractivity contribution is 6.04. The number of amides is 2. The van der Waals surface area contributed by atoms with Crippen LogP contribution < -0.4 is 19.9 Å². The Morgan fingerprint density at radius 3 is 2.87 bits per heavy atom. The SMILES string of the molecule is O=C(Nc1cncc(OCC(O)CO)n1)N1c2nc(-c3cccc(C(F)(F)F)c3)ncc2N2CCCC1C2. The molecule has 1 fully saturated rings. The number of alkyl halides is 3. The molecule has 0 spiro atoms. The van der Waals surface area contributed by atoms with Crippen molar-refractivity contribution in [3.05, 3.63) is 48.4 Å². The van der Waals surface area contributed by atoms with Crippen molar-refractivity contribution in [2.45, 2.75) is 31.2 Å². The van der Waals surface area contributed by atoms with Gasteiger partial charge in [-0.1, -0.05) is 12.1 Å². The highest BCUT2D eigenvalue weighted by Gasteiger charge is 2.39. The molecule has 1 aromatic carbocycles. The third-order valence-corrected chi connectivity index (χ3v) is 6.23. The number of nitrogens with zero attached hydrogens (tertiary/aromatic N) is 6. The molecule has 0 aliphatic carbocycles. The van der Waals surface area contributed by atoms with Crippen molar-refractivity contribution in [2.75, 3.05) is 41.4 Å². The van der Waals surface area contributed by atoms with Gasteiger partial charge in [0.15, 0.2) is 17.5 Å². The van der Waals surface area contributed by atoms with Crippen molar-refractivity contribution in [2.24, 2.45) is 0 Å². The topological polar surface area (TPSA) is 137 Å². The summed E-state index contributed by atoms with van der Waals surface area (Å²) in [5, 5.41) is 21.1. The van der Waals surface area contributed by atoms with Crippen molar-refractivity contribution >= 4 is 23.4 Å². The van der Waals surface area contributed by atoms with Crippen LogP contribution in [0.4, 0.5) is 35.3 Å². The molecule has 0 radical (unpaired) electrons. The molecule has 11 nitrogen and oxygen atoms in total. The maximum absolute atomic E-state index is 13.5. The molecule has 200 valence electrons. The molecule has 0 saturated carbocycles. The number of carbonyl (C=O) groups excluding carboxylic acids is 1. The number of hydrogen-bond acceptors (Lipinski definition) is 9. The predicted octanol–water partition coefficient (Wildman–Crippen LogP) is 2.71. The van der Waals surface area contributed by atoms with Gasteiger partial charge in [-0.15, -0.1) is 0 Å². The first-order valence-corrected chi connectivity index (χ1v) is 11.9. The van der Waals surface area contributed by atoms with Gasteiger partial charge in [0, 0.05) is 18.7 Å². The van der Waals surface area contributed by atoms with Crippen LogP contribution in [-0.2, 0) is 6.18 Å². The minimum atomic E-state index is -4.52. The van der Waals surface area contributed by atoms with Crippen molar-refractivity contribution in [1.82, 2.24) is 19.9 Å². The zero-order valence-electron chi connectivity index (χ0n) is 20.0. The Morgan fingerprint density at radius 1 is 1.24 bits per heavy atom. The molecule has 3 N–H and O–H groups in total. The van der Waals surface area contributed by atoms with E-state index in [9.17, 15) is 23.1 Å². The van der Waals surface area contributed by atoms with Gasteiger partial charge < -0.3 is 19.8 Å². The van der Waals surface area contributed by atoms with Crippen LogP contribution in [0.25, 0.3) is 11.4 Å². The fourth-order valence-electron chi connectivity index (χ4n) is 4.44. The lowest BCUT2D eigenvalue weighted by molar-refractivity contribution is -0.137. The smallest absolute Gasteiger partial charge is 0.416 e. The number of anilines is 3. The number of rotatable bonds is 6. The normalized spacial score (nSPS) is 17.6. The van der Waals surface area contributed by atoms with E-state index in [0.29, 0.717) is 18.7 Å². The van der Waals surface area contributed by atoms with Crippen molar-refractivity contribution < 1.29 is 32.9 Å². The number of fused-ring (bicyclic) bond motifs is 4. The van der Waals surface area contributed by atoms with Gasteiger partial charge in [-0.25, -0.2) is 14.8 Å². The summed E-state index contributed by atoms with van der Waals surface area (Å²) in [6, 6.07) is 3.95. The Morgan fingerprint density at radius 2 is 2.08 bits per heavy atom. The number of aliphatic hydroxyl groups excluding tert-OH is 2. The molecule has 38 heavy (non-hydrogen) atoms. The van der Waals surface area contributed by atoms with Gasteiger partial charge in [-0.3, -0.25) is 15.2 Å². The monoisotopic (exact) mass is 531 g/mol. The summed E-state index contributed by atoms with van der Waals surface area (Å²) >= 11 is 0. The van der Waals surface area contributed by atoms with E-state index in [-0.39, 0.29) is 41.6 Å². The van der Waals surface area contributed by atoms with Gasteiger partial charge in [-0.2, -0.15) is 18.2 Å². The number of aromatic nitrogens is 4. The van der Waals surface area contributed by atoms with E-state index in [1.54, 1.807) is 0 Å². The molecular weight excluding hydrogens is 507 g/mol. The first kappa shape index (κ1) is 25.6. The van der Waals surface area contributed by atoms with Crippen molar-refractivity contribution in [3.63, 3.8) is 0 Å². The maximum atomic E-state index is 13.5. The van der Waals surface area contributed by atoms with Gasteiger partial charge >= 0.3 is 12.2 Å². The van der Waals surface area contributed by atoms with E-state index < -0.39 is 30.5 Å². The van der Waals surface area contributed by atoms with Gasteiger partial charge in [0.1, 0.15) is 12.7 Å². The quantitative estimate of drug-likeness (QED) is 0.439. The highest BCUT2D eigenvalue weighted by atomic mass is 19.4. The number of urea groups is 1. The second-order valence-corrected chi connectivity index (χ2v) is 8.91. The molecule has 2 bridgehead atoms. The number of aliphatic hydroxyl groups is 2. The van der Waals surface area contributed by atoms with Crippen LogP contribution in [0.15, 0.2) is 42.9 Å². The third kappa shape index (κ3) is 5.31. The second kappa shape index (κ2) is 10.4. The van der Waals surface area contributed by atoms with Gasteiger partial charge in [0.05, 0.1) is 42.5 Å². The van der Waals surface area contributed by atoms with Crippen LogP contribution in [0.1, 0.15) is 18.4 Å². The van der Waals surface area contributed by atoms with Crippen LogP contribution in [0, 0.1) is 0 Å². The average molecular weight is 531 g/mol. The van der Waals surface area contributed by atoms with E-state index in [1.165, 1.54) is 35.6 Å². The number of piperidine rings is 1. The lowest BCUT2D eigenvalue weighted by Crippen LogP contribution is -2.56. The Kier molecular flexibility index (Phi) is 6.99. The molecule has 2 aliphatic rings. The average Bonchev–Trinajstić information content (AvgIpc) is 2.91. The molecule has 2 aromatic heterocycles. The fraction of sp³-hybridized carbons (Fsp3) is 0.375. The Bertz CT molecular complexity index is 1330. The number of hydrogen-bond donors (Lipinski definition) is 3. The Labute approximate surface area is 214 Å². The first-order valence-electron chi connectivity index (χ1n) is 11.9. The lowest BCUT2D eigenvalue weighted by atomic mass is 10.0. The molecule has 2 unspecified atom stereocenters. The van der Waals surface area contributed by atoms with Crippen molar-refractivity contribution in [3.8, 4) is 17.3 Å². The van der Waals surface area contributed by atoms with E-state index in [2.05, 4.69) is 30.2 Å². The second-order valence-electron chi connectivity index (χ2n) is 8.91. The van der Waals surface area contributed by atoms with Crippen LogP contribution in [0.3, 0.4) is 0 Å². The minimum absolute atomic E-state index is 0.0346. The van der Waals surface area contributed by atoms with Gasteiger partial charge in [0.2, 0.25) is 5.88 Å². The lowest BCUT2D eigenvalue weighted by Gasteiger charge is -2.45. The van der Waals surface area contributed by atoms with Gasteiger partial charge in [-0.05, 0) is 25.0 Å². The van der Waals surface area contributed by atoms with Crippen molar-refractivity contribution in [1.29, 1.82) is 0 Å². The molecule has 2 atom stereocenters. The van der Waals surface area contributed by atoms with E-state index >= 15 is 0 Å². The summed E-state index contributed by atoms with van der Waals surface area (Å²) in [6.45, 7) is 0.604. The Balaban J connectivity index is 1.44.